The first-order chi connectivity index (χ1) is 10.3. The predicted octanol–water partition coefficient (Wildman–Crippen LogP) is 1.28. The number of nitrogens with two attached hydrogens (primary N) is 1. The number of primary sulfonamides is 1. The quantitative estimate of drug-likeness (QED) is 0.852. The molecule has 1 aromatic carbocycles. The van der Waals surface area contributed by atoms with Crippen molar-refractivity contribution < 1.29 is 17.9 Å². The van der Waals surface area contributed by atoms with Crippen molar-refractivity contribution in [2.24, 2.45) is 11.1 Å². The van der Waals surface area contributed by atoms with Gasteiger partial charge in [-0.2, -0.15) is 0 Å². The summed E-state index contributed by atoms with van der Waals surface area (Å²) < 4.78 is 28.3. The molecule has 1 aromatic rings. The molecule has 1 fully saturated rings. The van der Waals surface area contributed by atoms with Crippen molar-refractivity contribution in [2.75, 3.05) is 13.7 Å². The molecular weight excluding hydrogens is 304 g/mol. The molecule has 0 aliphatic heterocycles. The van der Waals surface area contributed by atoms with Crippen LogP contribution >= 0.6 is 0 Å². The van der Waals surface area contributed by atoms with Crippen LogP contribution in [0.4, 0.5) is 0 Å². The van der Waals surface area contributed by atoms with Gasteiger partial charge in [-0.1, -0.05) is 12.1 Å². The molecule has 2 rings (SSSR count). The largest absolute Gasteiger partial charge is 0.378 e. The first-order valence-electron chi connectivity index (χ1n) is 7.26. The van der Waals surface area contributed by atoms with Crippen LogP contribution in [-0.2, 0) is 19.6 Å². The van der Waals surface area contributed by atoms with E-state index in [4.69, 9.17) is 9.88 Å². The second-order valence-corrected chi connectivity index (χ2v) is 7.14. The molecular formula is C15H22N2O4S. The lowest BCUT2D eigenvalue weighted by Crippen LogP contribution is -2.32. The lowest BCUT2D eigenvalue weighted by Gasteiger charge is -2.26. The van der Waals surface area contributed by atoms with E-state index in [1.54, 1.807) is 24.1 Å². The highest BCUT2D eigenvalue weighted by molar-refractivity contribution is 7.89. The van der Waals surface area contributed by atoms with Gasteiger partial charge in [0, 0.05) is 13.7 Å². The molecule has 0 bridgehead atoms. The number of ether oxygens (including phenoxy) is 1. The molecule has 0 radical (unpaired) electrons. The van der Waals surface area contributed by atoms with Crippen molar-refractivity contribution in [3.8, 4) is 0 Å². The van der Waals surface area contributed by atoms with Crippen LogP contribution in [0.2, 0.25) is 0 Å². The minimum Gasteiger partial charge on any atom is -0.378 e. The first kappa shape index (κ1) is 16.9. The van der Waals surface area contributed by atoms with E-state index in [0.29, 0.717) is 6.61 Å². The molecule has 1 amide bonds. The fraction of sp³-hybridized carbons (Fsp3) is 0.533. The number of sulfonamides is 1. The average Bonchev–Trinajstić information content (AvgIpc) is 3.24. The van der Waals surface area contributed by atoms with Gasteiger partial charge in [0.1, 0.15) is 0 Å². The summed E-state index contributed by atoms with van der Waals surface area (Å²) >= 11 is 0. The van der Waals surface area contributed by atoms with Gasteiger partial charge in [-0.05, 0) is 38.0 Å². The van der Waals surface area contributed by atoms with Gasteiger partial charge in [-0.15, -0.1) is 0 Å². The topological polar surface area (TPSA) is 89.7 Å². The maximum atomic E-state index is 12.4. The van der Waals surface area contributed by atoms with Crippen LogP contribution in [0.25, 0.3) is 0 Å². The summed E-state index contributed by atoms with van der Waals surface area (Å²) in [5, 5.41) is 5.15. The van der Waals surface area contributed by atoms with Crippen molar-refractivity contribution >= 4 is 15.9 Å². The van der Waals surface area contributed by atoms with Crippen LogP contribution in [0.15, 0.2) is 29.2 Å². The average molecular weight is 326 g/mol. The zero-order valence-electron chi connectivity index (χ0n) is 13.0. The predicted molar refractivity (Wildman–Crippen MR) is 82.5 cm³/mol. The Morgan fingerprint density at radius 3 is 2.77 bits per heavy atom. The molecule has 1 aliphatic carbocycles. The molecule has 1 saturated carbocycles. The highest BCUT2D eigenvalue weighted by Crippen LogP contribution is 2.37. The minimum absolute atomic E-state index is 0.0166. The maximum absolute atomic E-state index is 12.4. The molecule has 7 heteroatoms. The number of hydrogen-bond donors (Lipinski definition) is 1. The van der Waals surface area contributed by atoms with Crippen molar-refractivity contribution in [1.82, 2.24) is 4.90 Å². The highest BCUT2D eigenvalue weighted by atomic mass is 32.2. The Morgan fingerprint density at radius 2 is 2.18 bits per heavy atom. The Kier molecular flexibility index (Phi) is 4.89. The molecule has 0 saturated heterocycles. The van der Waals surface area contributed by atoms with Gasteiger partial charge in [0.2, 0.25) is 15.9 Å². The maximum Gasteiger partial charge on any atom is 0.238 e. The molecule has 122 valence electrons. The van der Waals surface area contributed by atoms with Gasteiger partial charge in [0.05, 0.1) is 23.0 Å². The van der Waals surface area contributed by atoms with Gasteiger partial charge in [0.15, 0.2) is 0 Å². The SMILES string of the molecule is CCO[C@@H]1C[C@@H]1C(=O)N(C)[C@@H](C)c1cccc(S(N)(=O)=O)c1. The summed E-state index contributed by atoms with van der Waals surface area (Å²) in [5.74, 6) is -0.0687. The summed E-state index contributed by atoms with van der Waals surface area (Å²) in [6.07, 6.45) is 0.768. The number of rotatable bonds is 6. The molecule has 0 heterocycles. The molecule has 0 aromatic heterocycles. The Morgan fingerprint density at radius 1 is 1.50 bits per heavy atom. The monoisotopic (exact) mass is 326 g/mol. The number of benzene rings is 1. The van der Waals surface area contributed by atoms with Gasteiger partial charge in [-0.25, -0.2) is 13.6 Å². The van der Waals surface area contributed by atoms with Crippen LogP contribution in [0.5, 0.6) is 0 Å². The second kappa shape index (κ2) is 6.36. The molecule has 22 heavy (non-hydrogen) atoms. The molecule has 3 atom stereocenters. The van der Waals surface area contributed by atoms with E-state index in [1.807, 2.05) is 13.8 Å². The second-order valence-electron chi connectivity index (χ2n) is 5.58. The lowest BCUT2D eigenvalue weighted by atomic mass is 10.1. The van der Waals surface area contributed by atoms with Gasteiger partial charge >= 0.3 is 0 Å². The van der Waals surface area contributed by atoms with E-state index in [0.717, 1.165) is 12.0 Å². The summed E-state index contributed by atoms with van der Waals surface area (Å²) in [6.45, 7) is 4.37. The third-order valence-electron chi connectivity index (χ3n) is 4.03. The zero-order valence-corrected chi connectivity index (χ0v) is 13.8. The number of carbonyl (C=O) groups is 1. The summed E-state index contributed by atoms with van der Waals surface area (Å²) in [7, 11) is -2.03. The summed E-state index contributed by atoms with van der Waals surface area (Å²) in [4.78, 5) is 14.1. The number of hydrogen-bond acceptors (Lipinski definition) is 4. The molecule has 0 unspecified atom stereocenters. The van der Waals surface area contributed by atoms with Crippen LogP contribution in [-0.4, -0.2) is 39.0 Å². The van der Waals surface area contributed by atoms with Crippen molar-refractivity contribution in [3.05, 3.63) is 29.8 Å². The molecule has 1 aliphatic rings. The highest BCUT2D eigenvalue weighted by Gasteiger charge is 2.45. The number of carbonyl (C=O) groups excluding carboxylic acids is 1. The third kappa shape index (κ3) is 3.66. The van der Waals surface area contributed by atoms with Crippen LogP contribution < -0.4 is 5.14 Å². The van der Waals surface area contributed by atoms with Gasteiger partial charge in [-0.3, -0.25) is 4.79 Å². The van der Waals surface area contributed by atoms with Crippen molar-refractivity contribution in [1.29, 1.82) is 0 Å². The number of nitrogens with zero attached hydrogens (tertiary/aromatic N) is 1. The smallest absolute Gasteiger partial charge is 0.238 e. The minimum atomic E-state index is -3.75. The van der Waals surface area contributed by atoms with E-state index in [2.05, 4.69) is 0 Å². The van der Waals surface area contributed by atoms with E-state index < -0.39 is 10.0 Å². The zero-order chi connectivity index (χ0) is 16.5. The third-order valence-corrected chi connectivity index (χ3v) is 4.94. The van der Waals surface area contributed by atoms with Crippen molar-refractivity contribution in [2.45, 2.75) is 37.3 Å². The first-order valence-corrected chi connectivity index (χ1v) is 8.81. The van der Waals surface area contributed by atoms with Crippen molar-refractivity contribution in [3.63, 3.8) is 0 Å². The van der Waals surface area contributed by atoms with Crippen LogP contribution in [0.3, 0.4) is 0 Å². The molecule has 6 nitrogen and oxygen atoms in total. The van der Waals surface area contributed by atoms with E-state index >= 15 is 0 Å². The Hall–Kier alpha value is -1.44. The Bertz CT molecular complexity index is 659. The normalized spacial score (nSPS) is 22.2. The molecule has 2 N–H and O–H groups in total. The summed E-state index contributed by atoms with van der Waals surface area (Å²) in [5.41, 5.74) is 0.732. The van der Waals surface area contributed by atoms with Gasteiger partial charge in [0.25, 0.3) is 0 Å². The van der Waals surface area contributed by atoms with Crippen LogP contribution in [0, 0.1) is 5.92 Å². The van der Waals surface area contributed by atoms with E-state index in [1.165, 1.54) is 12.1 Å². The Balaban J connectivity index is 2.11. The number of amides is 1. The molecule has 0 spiro atoms. The lowest BCUT2D eigenvalue weighted by molar-refractivity contribution is -0.134. The standard InChI is InChI=1S/C15H22N2O4S/c1-4-21-14-9-13(14)15(18)17(3)10(2)11-6-5-7-12(8-11)22(16,19)20/h5-8,10,13-14H,4,9H2,1-3H3,(H2,16,19,20)/t10-,13-,14+/m0/s1. The summed E-state index contributed by atoms with van der Waals surface area (Å²) in [6, 6.07) is 6.13. The Labute approximate surface area is 131 Å². The van der Waals surface area contributed by atoms with E-state index in [-0.39, 0.29) is 28.9 Å². The fourth-order valence-electron chi connectivity index (χ4n) is 2.46. The van der Waals surface area contributed by atoms with Gasteiger partial charge < -0.3 is 9.64 Å². The fourth-order valence-corrected chi connectivity index (χ4v) is 3.03. The van der Waals surface area contributed by atoms with E-state index in [9.17, 15) is 13.2 Å². The van der Waals surface area contributed by atoms with Crippen LogP contribution in [0.1, 0.15) is 31.9 Å².